The van der Waals surface area contributed by atoms with Crippen LogP contribution in [0.3, 0.4) is 0 Å². The van der Waals surface area contributed by atoms with Gasteiger partial charge in [-0.3, -0.25) is 4.79 Å². The van der Waals surface area contributed by atoms with E-state index in [1.807, 2.05) is 0 Å². The number of sulfonamides is 1. The summed E-state index contributed by atoms with van der Waals surface area (Å²) < 4.78 is 26.9. The molecule has 1 aliphatic heterocycles. The van der Waals surface area contributed by atoms with Crippen LogP contribution in [0.1, 0.15) is 43.5 Å². The van der Waals surface area contributed by atoms with E-state index in [2.05, 4.69) is 15.2 Å². The summed E-state index contributed by atoms with van der Waals surface area (Å²) >= 11 is 6.24. The van der Waals surface area contributed by atoms with E-state index in [9.17, 15) is 13.2 Å². The van der Waals surface area contributed by atoms with Crippen LogP contribution in [0.2, 0.25) is 5.02 Å². The third-order valence-electron chi connectivity index (χ3n) is 5.28. The van der Waals surface area contributed by atoms with Crippen molar-refractivity contribution in [2.45, 2.75) is 44.0 Å². The number of halogens is 1. The quantitative estimate of drug-likeness (QED) is 0.719. The van der Waals surface area contributed by atoms with Crippen molar-refractivity contribution in [3.05, 3.63) is 47.1 Å². The molecule has 0 bridgehead atoms. The lowest BCUT2D eigenvalue weighted by Gasteiger charge is -2.29. The van der Waals surface area contributed by atoms with Crippen molar-refractivity contribution in [3.63, 3.8) is 0 Å². The number of hydrogen-bond acceptors (Lipinski definition) is 5. The van der Waals surface area contributed by atoms with Gasteiger partial charge in [-0.2, -0.15) is 4.31 Å². The molecule has 0 unspecified atom stereocenters. The Kier molecular flexibility index (Phi) is 7.00. The van der Waals surface area contributed by atoms with Crippen molar-refractivity contribution >= 4 is 39.0 Å². The van der Waals surface area contributed by atoms with E-state index in [4.69, 9.17) is 11.6 Å². The molecule has 1 aromatic carbocycles. The summed E-state index contributed by atoms with van der Waals surface area (Å²) in [5, 5.41) is 3.04. The monoisotopic (exact) mass is 450 g/mol. The highest BCUT2D eigenvalue weighted by Crippen LogP contribution is 2.28. The van der Waals surface area contributed by atoms with E-state index < -0.39 is 15.9 Å². The van der Waals surface area contributed by atoms with E-state index in [1.54, 1.807) is 32.2 Å². The molecule has 9 heteroatoms. The van der Waals surface area contributed by atoms with E-state index in [0.717, 1.165) is 25.9 Å². The Morgan fingerprint density at radius 3 is 2.57 bits per heavy atom. The molecule has 1 fully saturated rings. The van der Waals surface area contributed by atoms with Gasteiger partial charge < -0.3 is 10.2 Å². The fourth-order valence-corrected chi connectivity index (χ4v) is 4.92. The maximum absolute atomic E-state index is 13.0. The van der Waals surface area contributed by atoms with Crippen molar-refractivity contribution in [2.75, 3.05) is 30.4 Å². The predicted molar refractivity (Wildman–Crippen MR) is 120 cm³/mol. The van der Waals surface area contributed by atoms with Gasteiger partial charge in [-0.05, 0) is 63.4 Å². The Balaban J connectivity index is 1.90. The van der Waals surface area contributed by atoms with Crippen LogP contribution in [0.5, 0.6) is 0 Å². The largest absolute Gasteiger partial charge is 0.355 e. The Labute approximate surface area is 183 Å². The first-order valence-electron chi connectivity index (χ1n) is 10.0. The first kappa shape index (κ1) is 22.5. The maximum atomic E-state index is 13.0. The van der Waals surface area contributed by atoms with Gasteiger partial charge >= 0.3 is 0 Å². The van der Waals surface area contributed by atoms with Crippen LogP contribution in [0, 0.1) is 0 Å². The highest BCUT2D eigenvalue weighted by Gasteiger charge is 2.25. The molecular formula is C21H27ClN4O3S. The molecule has 162 valence electrons. The molecule has 2 aromatic rings. The van der Waals surface area contributed by atoms with Gasteiger partial charge in [0.2, 0.25) is 10.0 Å². The van der Waals surface area contributed by atoms with Crippen molar-refractivity contribution < 1.29 is 13.2 Å². The lowest BCUT2D eigenvalue weighted by molar-refractivity contribution is 0.102. The third-order valence-corrected chi connectivity index (χ3v) is 7.64. The van der Waals surface area contributed by atoms with Gasteiger partial charge in [0.05, 0.1) is 21.2 Å². The molecule has 0 spiro atoms. The minimum atomic E-state index is -3.74. The number of nitrogens with one attached hydrogen (secondary N) is 1. The second-order valence-electron chi connectivity index (χ2n) is 7.63. The van der Waals surface area contributed by atoms with Gasteiger partial charge in [-0.15, -0.1) is 0 Å². The molecule has 30 heavy (non-hydrogen) atoms. The number of piperidine rings is 1. The molecular weight excluding hydrogens is 424 g/mol. The van der Waals surface area contributed by atoms with Crippen LogP contribution < -0.4 is 10.2 Å². The number of anilines is 2. The molecule has 7 nitrogen and oxygen atoms in total. The fourth-order valence-electron chi connectivity index (χ4n) is 3.32. The summed E-state index contributed by atoms with van der Waals surface area (Å²) in [4.78, 5) is 19.6. The molecule has 1 amide bonds. The predicted octanol–water partition coefficient (Wildman–Crippen LogP) is 4.01. The van der Waals surface area contributed by atoms with Crippen LogP contribution in [0.15, 0.2) is 41.4 Å². The minimum absolute atomic E-state index is 0.0238. The Bertz CT molecular complexity index is 1020. The van der Waals surface area contributed by atoms with Gasteiger partial charge in [0.25, 0.3) is 5.91 Å². The number of pyridine rings is 1. The second-order valence-corrected chi connectivity index (χ2v) is 10.0. The lowest BCUT2D eigenvalue weighted by atomic mass is 10.1. The van der Waals surface area contributed by atoms with Crippen molar-refractivity contribution in [2.24, 2.45) is 0 Å². The summed E-state index contributed by atoms with van der Waals surface area (Å²) in [6.45, 7) is 5.34. The normalized spacial score (nSPS) is 14.9. The van der Waals surface area contributed by atoms with E-state index in [1.165, 1.54) is 36.0 Å². The molecule has 2 heterocycles. The van der Waals surface area contributed by atoms with E-state index in [-0.39, 0.29) is 21.5 Å². The number of carbonyl (C=O) groups is 1. The number of carbonyl (C=O) groups excluding carboxylic acids is 1. The number of nitrogens with zero attached hydrogens (tertiary/aromatic N) is 3. The van der Waals surface area contributed by atoms with Crippen LogP contribution in [-0.4, -0.2) is 49.8 Å². The number of hydrogen-bond donors (Lipinski definition) is 1. The van der Waals surface area contributed by atoms with E-state index >= 15 is 0 Å². The fraction of sp³-hybridized carbons (Fsp3) is 0.429. The average molecular weight is 451 g/mol. The molecule has 3 rings (SSSR count). The molecule has 0 atom stereocenters. The van der Waals surface area contributed by atoms with Crippen LogP contribution in [-0.2, 0) is 10.0 Å². The molecule has 1 aromatic heterocycles. The van der Waals surface area contributed by atoms with Gasteiger partial charge in [0, 0.05) is 32.4 Å². The Hall–Kier alpha value is -2.16. The molecule has 0 saturated carbocycles. The van der Waals surface area contributed by atoms with Crippen LogP contribution in [0.25, 0.3) is 0 Å². The zero-order valence-corrected chi connectivity index (χ0v) is 19.0. The third kappa shape index (κ3) is 4.77. The zero-order valence-electron chi connectivity index (χ0n) is 17.4. The smallest absolute Gasteiger partial charge is 0.257 e. The van der Waals surface area contributed by atoms with E-state index in [0.29, 0.717) is 11.5 Å². The lowest BCUT2D eigenvalue weighted by Crippen LogP contribution is -2.33. The number of rotatable bonds is 6. The van der Waals surface area contributed by atoms with Crippen LogP contribution >= 0.6 is 11.6 Å². The van der Waals surface area contributed by atoms with Crippen LogP contribution in [0.4, 0.5) is 11.5 Å². The SMILES string of the molecule is CC(C)N(C)S(=O)(=O)c1ccc(Cl)c(C(=O)Nc2cccnc2N2CCCCC2)c1. The van der Waals surface area contributed by atoms with Gasteiger partial charge in [0.15, 0.2) is 5.82 Å². The first-order chi connectivity index (χ1) is 14.2. The van der Waals surface area contributed by atoms with Crippen molar-refractivity contribution in [1.29, 1.82) is 0 Å². The summed E-state index contributed by atoms with van der Waals surface area (Å²) in [5.41, 5.74) is 0.677. The highest BCUT2D eigenvalue weighted by atomic mass is 35.5. The second kappa shape index (κ2) is 9.32. The summed E-state index contributed by atoms with van der Waals surface area (Å²) in [5.74, 6) is 0.237. The highest BCUT2D eigenvalue weighted by molar-refractivity contribution is 7.89. The topological polar surface area (TPSA) is 82.6 Å². The zero-order chi connectivity index (χ0) is 21.9. The Morgan fingerprint density at radius 1 is 1.20 bits per heavy atom. The number of amides is 1. The number of benzene rings is 1. The molecule has 1 saturated heterocycles. The molecule has 0 radical (unpaired) electrons. The molecule has 1 aliphatic rings. The van der Waals surface area contributed by atoms with Gasteiger partial charge in [0.1, 0.15) is 0 Å². The van der Waals surface area contributed by atoms with Crippen molar-refractivity contribution in [3.8, 4) is 0 Å². The Morgan fingerprint density at radius 2 is 1.90 bits per heavy atom. The first-order valence-corrected chi connectivity index (χ1v) is 11.8. The minimum Gasteiger partial charge on any atom is -0.355 e. The van der Waals surface area contributed by atoms with Crippen molar-refractivity contribution in [1.82, 2.24) is 9.29 Å². The number of aromatic nitrogens is 1. The standard InChI is InChI=1S/C21H27ClN4O3S/c1-15(2)25(3)30(28,29)16-9-10-18(22)17(14-16)21(27)24-19-8-7-11-23-20(19)26-12-5-4-6-13-26/h7-11,14-15H,4-6,12-13H2,1-3H3,(H,24,27). The summed E-state index contributed by atoms with van der Waals surface area (Å²) in [7, 11) is -2.23. The maximum Gasteiger partial charge on any atom is 0.257 e. The summed E-state index contributed by atoms with van der Waals surface area (Å²) in [6.07, 6.45) is 5.05. The van der Waals surface area contributed by atoms with Gasteiger partial charge in [-0.25, -0.2) is 13.4 Å². The summed E-state index contributed by atoms with van der Waals surface area (Å²) in [6, 6.07) is 7.50. The van der Waals surface area contributed by atoms with Gasteiger partial charge in [-0.1, -0.05) is 11.6 Å². The molecule has 0 aliphatic carbocycles. The average Bonchev–Trinajstić information content (AvgIpc) is 2.74. The molecule has 1 N–H and O–H groups in total.